The molecule has 0 aliphatic rings. The minimum absolute atomic E-state index is 0.503. The van der Waals surface area contributed by atoms with Gasteiger partial charge in [0.25, 0.3) is 0 Å². The van der Waals surface area contributed by atoms with E-state index in [1.807, 2.05) is 13.0 Å². The first-order valence-corrected chi connectivity index (χ1v) is 5.48. The van der Waals surface area contributed by atoms with E-state index in [2.05, 4.69) is 18.8 Å². The first-order valence-electron chi connectivity index (χ1n) is 5.48. The van der Waals surface area contributed by atoms with Gasteiger partial charge in [0.15, 0.2) is 0 Å². The zero-order chi connectivity index (χ0) is 11.3. The minimum atomic E-state index is 0.503. The number of hydrogen-bond acceptors (Lipinski definition) is 3. The van der Waals surface area contributed by atoms with Gasteiger partial charge >= 0.3 is 0 Å². The zero-order valence-corrected chi connectivity index (χ0v) is 9.79. The van der Waals surface area contributed by atoms with Crippen molar-refractivity contribution in [1.29, 1.82) is 0 Å². The van der Waals surface area contributed by atoms with Gasteiger partial charge in [0.1, 0.15) is 5.75 Å². The fraction of sp³-hybridized carbons (Fsp3) is 0.583. The molecule has 84 valence electrons. The first kappa shape index (κ1) is 12.0. The van der Waals surface area contributed by atoms with Crippen LogP contribution in [0.4, 0.5) is 0 Å². The molecule has 1 aromatic heterocycles. The highest BCUT2D eigenvalue weighted by molar-refractivity contribution is 5.32. The highest BCUT2D eigenvalue weighted by atomic mass is 16.5. The minimum Gasteiger partial charge on any atom is -0.492 e. The summed E-state index contributed by atoms with van der Waals surface area (Å²) in [5.74, 6) is 1.42. The van der Waals surface area contributed by atoms with E-state index in [-0.39, 0.29) is 0 Å². The molecule has 0 bridgehead atoms. The maximum absolute atomic E-state index is 5.67. The monoisotopic (exact) mass is 208 g/mol. The molecule has 0 aliphatic heterocycles. The SMILES string of the molecule is CCOc1cnc(CC(C)C)cc1CN. The van der Waals surface area contributed by atoms with Crippen molar-refractivity contribution in [3.8, 4) is 5.75 Å². The standard InChI is InChI=1S/C12H20N2O/c1-4-15-12-8-14-11(5-9(2)3)6-10(12)7-13/h6,8-9H,4-5,7,13H2,1-3H3. The molecular formula is C12H20N2O. The lowest BCUT2D eigenvalue weighted by molar-refractivity contribution is 0.335. The molecule has 0 amide bonds. The third-order valence-electron chi connectivity index (χ3n) is 2.14. The van der Waals surface area contributed by atoms with Gasteiger partial charge in [0, 0.05) is 17.8 Å². The first-order chi connectivity index (χ1) is 7.17. The molecule has 15 heavy (non-hydrogen) atoms. The second-order valence-corrected chi connectivity index (χ2v) is 4.02. The van der Waals surface area contributed by atoms with E-state index in [1.165, 1.54) is 0 Å². The Balaban J connectivity index is 2.86. The lowest BCUT2D eigenvalue weighted by Gasteiger charge is -2.10. The Hall–Kier alpha value is -1.09. The van der Waals surface area contributed by atoms with E-state index >= 15 is 0 Å². The molecular weight excluding hydrogens is 188 g/mol. The third-order valence-corrected chi connectivity index (χ3v) is 2.14. The average Bonchev–Trinajstić information content (AvgIpc) is 2.20. The fourth-order valence-corrected chi connectivity index (χ4v) is 1.51. The highest BCUT2D eigenvalue weighted by Gasteiger charge is 2.06. The van der Waals surface area contributed by atoms with Crippen molar-refractivity contribution in [2.75, 3.05) is 6.61 Å². The van der Waals surface area contributed by atoms with E-state index in [0.717, 1.165) is 23.4 Å². The van der Waals surface area contributed by atoms with Crippen molar-refractivity contribution < 1.29 is 4.74 Å². The van der Waals surface area contributed by atoms with E-state index in [1.54, 1.807) is 6.20 Å². The summed E-state index contributed by atoms with van der Waals surface area (Å²) in [5.41, 5.74) is 7.81. The van der Waals surface area contributed by atoms with Gasteiger partial charge in [0.05, 0.1) is 12.8 Å². The highest BCUT2D eigenvalue weighted by Crippen LogP contribution is 2.19. The van der Waals surface area contributed by atoms with Gasteiger partial charge in [-0.15, -0.1) is 0 Å². The number of rotatable bonds is 5. The van der Waals surface area contributed by atoms with Crippen LogP contribution in [0.1, 0.15) is 32.0 Å². The predicted octanol–water partition coefficient (Wildman–Crippen LogP) is 2.14. The summed E-state index contributed by atoms with van der Waals surface area (Å²) in [5, 5.41) is 0. The van der Waals surface area contributed by atoms with Gasteiger partial charge in [0.2, 0.25) is 0 Å². The number of hydrogen-bond donors (Lipinski definition) is 1. The zero-order valence-electron chi connectivity index (χ0n) is 9.79. The molecule has 0 fully saturated rings. The summed E-state index contributed by atoms with van der Waals surface area (Å²) >= 11 is 0. The van der Waals surface area contributed by atoms with Crippen LogP contribution in [0.2, 0.25) is 0 Å². The summed E-state index contributed by atoms with van der Waals surface area (Å²) < 4.78 is 5.45. The molecule has 1 aromatic rings. The van der Waals surface area contributed by atoms with E-state index in [4.69, 9.17) is 10.5 Å². The van der Waals surface area contributed by atoms with Crippen molar-refractivity contribution in [2.45, 2.75) is 33.7 Å². The Labute approximate surface area is 91.7 Å². The van der Waals surface area contributed by atoms with Gasteiger partial charge in [-0.05, 0) is 25.3 Å². The quantitative estimate of drug-likeness (QED) is 0.806. The molecule has 1 heterocycles. The van der Waals surface area contributed by atoms with Crippen LogP contribution in [0.5, 0.6) is 5.75 Å². The second kappa shape index (κ2) is 5.71. The van der Waals surface area contributed by atoms with Crippen LogP contribution < -0.4 is 10.5 Å². The Kier molecular flexibility index (Phi) is 4.56. The second-order valence-electron chi connectivity index (χ2n) is 4.02. The maximum atomic E-state index is 5.67. The molecule has 1 rings (SSSR count). The van der Waals surface area contributed by atoms with Gasteiger partial charge in [-0.3, -0.25) is 4.98 Å². The van der Waals surface area contributed by atoms with Crippen molar-refractivity contribution in [2.24, 2.45) is 11.7 Å². The number of pyridine rings is 1. The summed E-state index contributed by atoms with van der Waals surface area (Å²) in [6, 6.07) is 2.05. The van der Waals surface area contributed by atoms with E-state index in [9.17, 15) is 0 Å². The Morgan fingerprint density at radius 1 is 1.47 bits per heavy atom. The van der Waals surface area contributed by atoms with Crippen LogP contribution in [0.3, 0.4) is 0 Å². The molecule has 0 saturated carbocycles. The fourth-order valence-electron chi connectivity index (χ4n) is 1.51. The van der Waals surface area contributed by atoms with Crippen molar-refractivity contribution in [3.05, 3.63) is 23.5 Å². The molecule has 0 unspecified atom stereocenters. The summed E-state index contributed by atoms with van der Waals surface area (Å²) in [7, 11) is 0. The molecule has 0 spiro atoms. The van der Waals surface area contributed by atoms with Crippen LogP contribution in [0.15, 0.2) is 12.3 Å². The van der Waals surface area contributed by atoms with Crippen LogP contribution >= 0.6 is 0 Å². The van der Waals surface area contributed by atoms with Gasteiger partial charge in [-0.25, -0.2) is 0 Å². The Bertz CT molecular complexity index is 310. The summed E-state index contributed by atoms with van der Waals surface area (Å²) in [6.07, 6.45) is 2.77. The Morgan fingerprint density at radius 3 is 2.73 bits per heavy atom. The van der Waals surface area contributed by atoms with Crippen molar-refractivity contribution in [1.82, 2.24) is 4.98 Å². The normalized spacial score (nSPS) is 10.7. The number of nitrogens with zero attached hydrogens (tertiary/aromatic N) is 1. The smallest absolute Gasteiger partial charge is 0.142 e. The van der Waals surface area contributed by atoms with Crippen LogP contribution in [0, 0.1) is 5.92 Å². The molecule has 0 atom stereocenters. The molecule has 0 radical (unpaired) electrons. The number of aromatic nitrogens is 1. The average molecular weight is 208 g/mol. The molecule has 0 saturated heterocycles. The molecule has 3 nitrogen and oxygen atoms in total. The van der Waals surface area contributed by atoms with Gasteiger partial charge < -0.3 is 10.5 Å². The molecule has 2 N–H and O–H groups in total. The Morgan fingerprint density at radius 2 is 2.20 bits per heavy atom. The topological polar surface area (TPSA) is 48.1 Å². The van der Waals surface area contributed by atoms with Gasteiger partial charge in [-0.1, -0.05) is 13.8 Å². The van der Waals surface area contributed by atoms with Crippen LogP contribution in [0.25, 0.3) is 0 Å². The summed E-state index contributed by atoms with van der Waals surface area (Å²) in [4.78, 5) is 4.37. The molecule has 3 heteroatoms. The van der Waals surface area contributed by atoms with Crippen molar-refractivity contribution in [3.63, 3.8) is 0 Å². The number of ether oxygens (including phenoxy) is 1. The van der Waals surface area contributed by atoms with Crippen LogP contribution in [-0.4, -0.2) is 11.6 Å². The van der Waals surface area contributed by atoms with E-state index < -0.39 is 0 Å². The number of nitrogens with two attached hydrogens (primary N) is 1. The molecule has 0 aromatic carbocycles. The predicted molar refractivity (Wildman–Crippen MR) is 61.8 cm³/mol. The maximum Gasteiger partial charge on any atom is 0.142 e. The van der Waals surface area contributed by atoms with E-state index in [0.29, 0.717) is 19.1 Å². The molecule has 0 aliphatic carbocycles. The lowest BCUT2D eigenvalue weighted by atomic mass is 10.1. The lowest BCUT2D eigenvalue weighted by Crippen LogP contribution is -2.05. The van der Waals surface area contributed by atoms with Gasteiger partial charge in [-0.2, -0.15) is 0 Å². The van der Waals surface area contributed by atoms with Crippen molar-refractivity contribution >= 4 is 0 Å². The summed E-state index contributed by atoms with van der Waals surface area (Å²) in [6.45, 7) is 7.48. The third kappa shape index (κ3) is 3.51. The largest absolute Gasteiger partial charge is 0.492 e. The van der Waals surface area contributed by atoms with Crippen LogP contribution in [-0.2, 0) is 13.0 Å².